The first-order valence-corrected chi connectivity index (χ1v) is 6.39. The zero-order valence-electron chi connectivity index (χ0n) is 11.0. The summed E-state index contributed by atoms with van der Waals surface area (Å²) in [5.74, 6) is -1.06. The van der Waals surface area contributed by atoms with E-state index < -0.39 is 17.7 Å². The normalized spacial score (nSPS) is 23.4. The lowest BCUT2D eigenvalue weighted by molar-refractivity contribution is -0.147. The Morgan fingerprint density at radius 3 is 2.80 bits per heavy atom. The minimum absolute atomic E-state index is 0.293. The number of methoxy groups -OCH3 is 1. The van der Waals surface area contributed by atoms with Gasteiger partial charge in [-0.05, 0) is 24.6 Å². The molecule has 1 aromatic rings. The molecule has 2 atom stereocenters. The van der Waals surface area contributed by atoms with Crippen LogP contribution in [-0.4, -0.2) is 26.2 Å². The molecular formula is C14H16F3NO2. The number of carbonyl (C=O) groups excluding carboxylic acids is 1. The Kier molecular flexibility index (Phi) is 4.32. The first-order valence-electron chi connectivity index (χ1n) is 6.39. The van der Waals surface area contributed by atoms with Gasteiger partial charge in [-0.2, -0.15) is 13.2 Å². The summed E-state index contributed by atoms with van der Waals surface area (Å²) in [6.45, 7) is 1.14. The van der Waals surface area contributed by atoms with E-state index in [1.807, 2.05) is 0 Å². The predicted octanol–water partition coefficient (Wildman–Crippen LogP) is 2.57. The van der Waals surface area contributed by atoms with Crippen LogP contribution >= 0.6 is 0 Å². The van der Waals surface area contributed by atoms with E-state index in [-0.39, 0.29) is 11.9 Å². The number of carbonyl (C=O) groups is 1. The van der Waals surface area contributed by atoms with E-state index in [4.69, 9.17) is 4.74 Å². The standard InChI is InChI=1S/C14H16F3NO2/c1-20-13(19)11-5-6-18-8-12(11)9-3-2-4-10(7-9)14(15,16)17/h2-4,7,11-12,18H,5-6,8H2,1H3/t11-,12-/m1/s1. The van der Waals surface area contributed by atoms with Crippen LogP contribution in [0.3, 0.4) is 0 Å². The van der Waals surface area contributed by atoms with Crippen molar-refractivity contribution in [1.82, 2.24) is 5.32 Å². The lowest BCUT2D eigenvalue weighted by Gasteiger charge is -2.30. The van der Waals surface area contributed by atoms with Crippen LogP contribution < -0.4 is 5.32 Å². The molecule has 1 aliphatic rings. The molecule has 0 aliphatic carbocycles. The van der Waals surface area contributed by atoms with Gasteiger partial charge >= 0.3 is 12.1 Å². The van der Waals surface area contributed by atoms with E-state index >= 15 is 0 Å². The Morgan fingerprint density at radius 2 is 2.15 bits per heavy atom. The summed E-state index contributed by atoms with van der Waals surface area (Å²) in [5, 5.41) is 3.11. The minimum Gasteiger partial charge on any atom is -0.469 e. The lowest BCUT2D eigenvalue weighted by atomic mass is 9.81. The summed E-state index contributed by atoms with van der Waals surface area (Å²) in [6, 6.07) is 5.16. The molecular weight excluding hydrogens is 271 g/mol. The molecule has 20 heavy (non-hydrogen) atoms. The van der Waals surface area contributed by atoms with Crippen molar-refractivity contribution in [2.75, 3.05) is 20.2 Å². The Morgan fingerprint density at radius 1 is 1.40 bits per heavy atom. The second kappa shape index (κ2) is 5.83. The van der Waals surface area contributed by atoms with Crippen LogP contribution in [0.2, 0.25) is 0 Å². The summed E-state index contributed by atoms with van der Waals surface area (Å²) < 4.78 is 43.0. The van der Waals surface area contributed by atoms with E-state index in [9.17, 15) is 18.0 Å². The molecule has 0 bridgehead atoms. The highest BCUT2D eigenvalue weighted by molar-refractivity contribution is 5.73. The molecule has 0 amide bonds. The second-order valence-corrected chi connectivity index (χ2v) is 4.85. The zero-order valence-corrected chi connectivity index (χ0v) is 11.0. The summed E-state index contributed by atoms with van der Waals surface area (Å²) in [6.07, 6.45) is -3.81. The van der Waals surface area contributed by atoms with E-state index in [0.29, 0.717) is 25.1 Å². The molecule has 110 valence electrons. The van der Waals surface area contributed by atoms with E-state index in [1.165, 1.54) is 13.2 Å². The number of rotatable bonds is 2. The molecule has 0 radical (unpaired) electrons. The van der Waals surface area contributed by atoms with Crippen molar-refractivity contribution in [2.45, 2.75) is 18.5 Å². The van der Waals surface area contributed by atoms with Gasteiger partial charge in [0, 0.05) is 12.5 Å². The molecule has 1 heterocycles. The van der Waals surface area contributed by atoms with Crippen LogP contribution in [0.5, 0.6) is 0 Å². The van der Waals surface area contributed by atoms with E-state index in [2.05, 4.69) is 5.32 Å². The largest absolute Gasteiger partial charge is 0.469 e. The summed E-state index contributed by atoms with van der Waals surface area (Å²) in [4.78, 5) is 11.8. The molecule has 0 unspecified atom stereocenters. The number of piperidine rings is 1. The monoisotopic (exact) mass is 287 g/mol. The molecule has 2 rings (SSSR count). The number of hydrogen-bond acceptors (Lipinski definition) is 3. The zero-order chi connectivity index (χ0) is 14.8. The van der Waals surface area contributed by atoms with Crippen molar-refractivity contribution < 1.29 is 22.7 Å². The van der Waals surface area contributed by atoms with Gasteiger partial charge < -0.3 is 10.1 Å². The maximum absolute atomic E-state index is 12.7. The molecule has 3 nitrogen and oxygen atoms in total. The van der Waals surface area contributed by atoms with Crippen LogP contribution in [0.15, 0.2) is 24.3 Å². The van der Waals surface area contributed by atoms with Crippen LogP contribution in [0.1, 0.15) is 23.5 Å². The average molecular weight is 287 g/mol. The fraction of sp³-hybridized carbons (Fsp3) is 0.500. The number of ether oxygens (including phenoxy) is 1. The lowest BCUT2D eigenvalue weighted by Crippen LogP contribution is -2.39. The molecule has 0 spiro atoms. The summed E-state index contributed by atoms with van der Waals surface area (Å²) in [5.41, 5.74) is -0.174. The van der Waals surface area contributed by atoms with Crippen LogP contribution in [0.4, 0.5) is 13.2 Å². The van der Waals surface area contributed by atoms with Gasteiger partial charge in [0.1, 0.15) is 0 Å². The quantitative estimate of drug-likeness (QED) is 0.850. The third-order valence-electron chi connectivity index (χ3n) is 3.63. The van der Waals surface area contributed by atoms with Gasteiger partial charge in [0.25, 0.3) is 0 Å². The number of benzene rings is 1. The molecule has 1 aliphatic heterocycles. The van der Waals surface area contributed by atoms with Gasteiger partial charge in [-0.3, -0.25) is 4.79 Å². The third-order valence-corrected chi connectivity index (χ3v) is 3.63. The number of halogens is 3. The van der Waals surface area contributed by atoms with E-state index in [0.717, 1.165) is 12.1 Å². The Balaban J connectivity index is 2.30. The van der Waals surface area contributed by atoms with Crippen molar-refractivity contribution in [3.8, 4) is 0 Å². The maximum Gasteiger partial charge on any atom is 0.416 e. The van der Waals surface area contributed by atoms with Crippen molar-refractivity contribution in [3.63, 3.8) is 0 Å². The molecule has 1 saturated heterocycles. The van der Waals surface area contributed by atoms with Gasteiger partial charge in [0.15, 0.2) is 0 Å². The number of esters is 1. The minimum atomic E-state index is -4.38. The summed E-state index contributed by atoms with van der Waals surface area (Å²) in [7, 11) is 1.30. The maximum atomic E-state index is 12.7. The molecule has 6 heteroatoms. The van der Waals surface area contributed by atoms with Gasteiger partial charge in [-0.25, -0.2) is 0 Å². The SMILES string of the molecule is COC(=O)[C@@H]1CCNC[C@@H]1c1cccc(C(F)(F)F)c1. The number of nitrogens with one attached hydrogen (secondary N) is 1. The van der Waals surface area contributed by atoms with Gasteiger partial charge in [-0.15, -0.1) is 0 Å². The fourth-order valence-corrected chi connectivity index (χ4v) is 2.59. The fourth-order valence-electron chi connectivity index (χ4n) is 2.59. The van der Waals surface area contributed by atoms with Gasteiger partial charge in [-0.1, -0.05) is 18.2 Å². The van der Waals surface area contributed by atoms with Crippen LogP contribution in [0, 0.1) is 5.92 Å². The highest BCUT2D eigenvalue weighted by atomic mass is 19.4. The highest BCUT2D eigenvalue weighted by Crippen LogP contribution is 2.35. The highest BCUT2D eigenvalue weighted by Gasteiger charge is 2.35. The molecule has 1 fully saturated rings. The van der Waals surface area contributed by atoms with Crippen molar-refractivity contribution in [1.29, 1.82) is 0 Å². The Labute approximate surface area is 115 Å². The van der Waals surface area contributed by atoms with Gasteiger partial charge in [0.05, 0.1) is 18.6 Å². The first kappa shape index (κ1) is 14.8. The smallest absolute Gasteiger partial charge is 0.416 e. The Bertz CT molecular complexity index is 488. The molecule has 0 saturated carbocycles. The van der Waals surface area contributed by atoms with Crippen LogP contribution in [0.25, 0.3) is 0 Å². The molecule has 1 aromatic carbocycles. The average Bonchev–Trinajstić information content (AvgIpc) is 2.45. The van der Waals surface area contributed by atoms with Crippen molar-refractivity contribution >= 4 is 5.97 Å². The van der Waals surface area contributed by atoms with Gasteiger partial charge in [0.2, 0.25) is 0 Å². The summed E-state index contributed by atoms with van der Waals surface area (Å²) >= 11 is 0. The number of alkyl halides is 3. The third kappa shape index (κ3) is 3.12. The predicted molar refractivity (Wildman–Crippen MR) is 67.2 cm³/mol. The van der Waals surface area contributed by atoms with Crippen LogP contribution in [-0.2, 0) is 15.7 Å². The second-order valence-electron chi connectivity index (χ2n) is 4.85. The van der Waals surface area contributed by atoms with Crippen molar-refractivity contribution in [3.05, 3.63) is 35.4 Å². The molecule has 0 aromatic heterocycles. The number of hydrogen-bond donors (Lipinski definition) is 1. The molecule has 1 N–H and O–H groups in total. The van der Waals surface area contributed by atoms with Crippen molar-refractivity contribution in [2.24, 2.45) is 5.92 Å². The topological polar surface area (TPSA) is 38.3 Å². The Hall–Kier alpha value is -1.56. The van der Waals surface area contributed by atoms with E-state index in [1.54, 1.807) is 6.07 Å². The first-order chi connectivity index (χ1) is 9.43.